The normalized spacial score (nSPS) is 20.9. The van der Waals surface area contributed by atoms with Crippen LogP contribution in [0.4, 0.5) is 0 Å². The highest BCUT2D eigenvalue weighted by Crippen LogP contribution is 2.45. The Kier molecular flexibility index (Phi) is 5.61. The van der Waals surface area contributed by atoms with E-state index in [0.29, 0.717) is 15.0 Å². The van der Waals surface area contributed by atoms with Crippen molar-refractivity contribution in [3.63, 3.8) is 0 Å². The first kappa shape index (κ1) is 19.9. The number of benzene rings is 1. The fourth-order valence-corrected chi connectivity index (χ4v) is 6.56. The number of fused-ring (bicyclic) bond motifs is 1. The number of carboxylic acids is 1. The van der Waals surface area contributed by atoms with Crippen molar-refractivity contribution in [3.8, 4) is 0 Å². The summed E-state index contributed by atoms with van der Waals surface area (Å²) in [6.07, 6.45) is 0.168. The molecule has 4 rings (SSSR count). The van der Waals surface area contributed by atoms with Gasteiger partial charge >= 0.3 is 5.97 Å². The van der Waals surface area contributed by atoms with Gasteiger partial charge in [-0.2, -0.15) is 0 Å². The van der Waals surface area contributed by atoms with Crippen LogP contribution in [0.15, 0.2) is 45.3 Å². The number of aryl methyl sites for hydroxylation is 1. The standard InChI is InChI=1S/C18H16N4O4S3/c1-9-20-21-18(28-9)29-11-8-27-16-13(15(24)22(16)14(11)17(25)26)19-12(23)7-10-5-3-2-4-6-10/h2-6,13,16H,7-8H2,1H3,(H,19,23)(H,25,26)/t13-,16+/m1/s1. The first-order valence-electron chi connectivity index (χ1n) is 8.66. The number of hydrogen-bond acceptors (Lipinski definition) is 8. The SMILES string of the molecule is Cc1nnc(SC2=C(C(=O)O)N3C(=O)[C@@H](NC(=O)Cc4ccccc4)[C@@H]3SC2)s1. The molecule has 2 aliphatic heterocycles. The highest BCUT2D eigenvalue weighted by Gasteiger charge is 2.54. The van der Waals surface area contributed by atoms with Crippen LogP contribution in [-0.2, 0) is 20.8 Å². The molecule has 1 saturated heterocycles. The van der Waals surface area contributed by atoms with E-state index in [0.717, 1.165) is 10.6 Å². The van der Waals surface area contributed by atoms with Crippen LogP contribution in [0.25, 0.3) is 0 Å². The van der Waals surface area contributed by atoms with Crippen LogP contribution >= 0.6 is 34.9 Å². The van der Waals surface area contributed by atoms with Gasteiger partial charge in [-0.05, 0) is 12.5 Å². The summed E-state index contributed by atoms with van der Waals surface area (Å²) >= 11 is 4.03. The molecule has 1 aromatic carbocycles. The molecule has 0 spiro atoms. The summed E-state index contributed by atoms with van der Waals surface area (Å²) in [4.78, 5) is 38.7. The summed E-state index contributed by atoms with van der Waals surface area (Å²) in [7, 11) is 0. The second kappa shape index (κ2) is 8.17. The van der Waals surface area contributed by atoms with E-state index in [-0.39, 0.29) is 18.0 Å². The quantitative estimate of drug-likeness (QED) is 0.644. The predicted octanol–water partition coefficient (Wildman–Crippen LogP) is 1.88. The average Bonchev–Trinajstić information content (AvgIpc) is 3.11. The van der Waals surface area contributed by atoms with Crippen LogP contribution in [0.3, 0.4) is 0 Å². The molecule has 29 heavy (non-hydrogen) atoms. The minimum absolute atomic E-state index is 0.0369. The molecular formula is C18H16N4O4S3. The van der Waals surface area contributed by atoms with Gasteiger partial charge in [0.2, 0.25) is 5.91 Å². The van der Waals surface area contributed by atoms with E-state index < -0.39 is 23.3 Å². The Labute approximate surface area is 178 Å². The Morgan fingerprint density at radius 2 is 2.07 bits per heavy atom. The van der Waals surface area contributed by atoms with Gasteiger partial charge in [0.1, 0.15) is 22.1 Å². The highest BCUT2D eigenvalue weighted by atomic mass is 32.2. The third-order valence-electron chi connectivity index (χ3n) is 4.38. The number of nitrogens with one attached hydrogen (secondary N) is 1. The van der Waals surface area contributed by atoms with Crippen molar-refractivity contribution in [1.82, 2.24) is 20.4 Å². The van der Waals surface area contributed by atoms with Crippen LogP contribution in [-0.4, -0.2) is 55.2 Å². The van der Waals surface area contributed by atoms with E-state index in [4.69, 9.17) is 0 Å². The summed E-state index contributed by atoms with van der Waals surface area (Å²) in [6.45, 7) is 1.82. The first-order chi connectivity index (χ1) is 13.9. The number of carboxylic acid groups (broad SMARTS) is 1. The number of thioether (sulfide) groups is 2. The minimum Gasteiger partial charge on any atom is -0.477 e. The van der Waals surface area contributed by atoms with E-state index >= 15 is 0 Å². The zero-order valence-corrected chi connectivity index (χ0v) is 17.6. The second-order valence-corrected chi connectivity index (χ2v) is 10.0. The Morgan fingerprint density at radius 3 is 2.72 bits per heavy atom. The van der Waals surface area contributed by atoms with Gasteiger partial charge in [0.25, 0.3) is 5.91 Å². The Bertz CT molecular complexity index is 1010. The summed E-state index contributed by atoms with van der Waals surface area (Å²) in [5.74, 6) is -1.42. The molecule has 2 aliphatic rings. The zero-order valence-electron chi connectivity index (χ0n) is 15.2. The number of carbonyl (C=O) groups excluding carboxylic acids is 2. The lowest BCUT2D eigenvalue weighted by Gasteiger charge is -2.49. The molecule has 1 fully saturated rings. The van der Waals surface area contributed by atoms with Crippen molar-refractivity contribution in [1.29, 1.82) is 0 Å². The molecule has 2 aromatic rings. The Hall–Kier alpha value is -2.37. The summed E-state index contributed by atoms with van der Waals surface area (Å²) in [6, 6.07) is 8.52. The average molecular weight is 449 g/mol. The molecule has 0 unspecified atom stereocenters. The van der Waals surface area contributed by atoms with Crippen LogP contribution in [0.2, 0.25) is 0 Å². The lowest BCUT2D eigenvalue weighted by Crippen LogP contribution is -2.70. The van der Waals surface area contributed by atoms with Crippen molar-refractivity contribution < 1.29 is 19.5 Å². The molecule has 2 N–H and O–H groups in total. The first-order valence-corrected chi connectivity index (χ1v) is 11.3. The summed E-state index contributed by atoms with van der Waals surface area (Å²) < 4.78 is 0.635. The van der Waals surface area contributed by atoms with E-state index in [1.807, 2.05) is 37.3 Å². The Balaban J connectivity index is 1.47. The maximum Gasteiger partial charge on any atom is 0.353 e. The third kappa shape index (κ3) is 4.02. The topological polar surface area (TPSA) is 112 Å². The molecule has 2 amide bonds. The van der Waals surface area contributed by atoms with Crippen LogP contribution < -0.4 is 5.32 Å². The molecule has 1 aromatic heterocycles. The molecule has 150 valence electrons. The maximum atomic E-state index is 12.7. The number of β-lactam (4-membered cyclic amide) rings is 1. The molecule has 2 atom stereocenters. The van der Waals surface area contributed by atoms with E-state index in [9.17, 15) is 19.5 Å². The van der Waals surface area contributed by atoms with Gasteiger partial charge in [0, 0.05) is 10.7 Å². The van der Waals surface area contributed by atoms with Crippen LogP contribution in [0.1, 0.15) is 10.6 Å². The smallest absolute Gasteiger partial charge is 0.353 e. The van der Waals surface area contributed by atoms with Gasteiger partial charge in [-0.25, -0.2) is 4.79 Å². The zero-order chi connectivity index (χ0) is 20.5. The number of aliphatic carboxylic acids is 1. The summed E-state index contributed by atoms with van der Waals surface area (Å²) in [5, 5.41) is 20.8. The van der Waals surface area contributed by atoms with E-state index in [1.54, 1.807) is 0 Å². The molecule has 0 bridgehead atoms. The van der Waals surface area contributed by atoms with Gasteiger partial charge in [0.05, 0.1) is 6.42 Å². The van der Waals surface area contributed by atoms with Crippen molar-refractivity contribution >= 4 is 52.6 Å². The summed E-state index contributed by atoms with van der Waals surface area (Å²) in [5.41, 5.74) is 0.812. The number of rotatable bonds is 6. The molecule has 0 radical (unpaired) electrons. The number of aromatic nitrogens is 2. The third-order valence-corrected chi connectivity index (χ3v) is 7.81. The van der Waals surface area contributed by atoms with Crippen LogP contribution in [0.5, 0.6) is 0 Å². The highest BCUT2D eigenvalue weighted by molar-refractivity contribution is 8.07. The van der Waals surface area contributed by atoms with Crippen molar-refractivity contribution in [3.05, 3.63) is 51.5 Å². The van der Waals surface area contributed by atoms with Crippen LogP contribution in [0, 0.1) is 6.92 Å². The molecule has 8 nitrogen and oxygen atoms in total. The van der Waals surface area contributed by atoms with Gasteiger partial charge < -0.3 is 10.4 Å². The fourth-order valence-electron chi connectivity index (χ4n) is 3.10. The fraction of sp³-hybridized carbons (Fsp3) is 0.278. The number of carbonyl (C=O) groups is 3. The number of nitrogens with zero attached hydrogens (tertiary/aromatic N) is 3. The maximum absolute atomic E-state index is 12.7. The second-order valence-electron chi connectivity index (χ2n) is 6.38. The molecule has 0 aliphatic carbocycles. The van der Waals surface area contributed by atoms with Gasteiger partial charge in [0.15, 0.2) is 4.34 Å². The van der Waals surface area contributed by atoms with Crippen molar-refractivity contribution in [2.75, 3.05) is 5.75 Å². The minimum atomic E-state index is -1.17. The molecule has 0 saturated carbocycles. The van der Waals surface area contributed by atoms with E-state index in [1.165, 1.54) is 39.8 Å². The predicted molar refractivity (Wildman–Crippen MR) is 110 cm³/mol. The van der Waals surface area contributed by atoms with Gasteiger partial charge in [-0.1, -0.05) is 53.4 Å². The number of hydrogen-bond donors (Lipinski definition) is 2. The lowest BCUT2D eigenvalue weighted by molar-refractivity contribution is -0.150. The Morgan fingerprint density at radius 1 is 1.31 bits per heavy atom. The number of amides is 2. The lowest BCUT2D eigenvalue weighted by atomic mass is 10.0. The largest absolute Gasteiger partial charge is 0.477 e. The van der Waals surface area contributed by atoms with Crippen molar-refractivity contribution in [2.45, 2.75) is 29.1 Å². The monoisotopic (exact) mass is 448 g/mol. The van der Waals surface area contributed by atoms with Gasteiger partial charge in [-0.3, -0.25) is 14.5 Å². The van der Waals surface area contributed by atoms with Crippen molar-refractivity contribution in [2.24, 2.45) is 0 Å². The molecular weight excluding hydrogens is 432 g/mol. The van der Waals surface area contributed by atoms with Gasteiger partial charge in [-0.15, -0.1) is 22.0 Å². The van der Waals surface area contributed by atoms with E-state index in [2.05, 4.69) is 15.5 Å². The molecule has 11 heteroatoms. The molecule has 3 heterocycles.